The number of anilines is 2. The summed E-state index contributed by atoms with van der Waals surface area (Å²) in [6.07, 6.45) is 23.5. The molecule has 5 heterocycles. The molecule has 2 saturated heterocycles. The number of carboxylic acid groups (broad SMARTS) is 1. The Morgan fingerprint density at radius 2 is 1.23 bits per heavy atom. The molecule has 4 fully saturated rings. The molecule has 2 aromatic heterocycles. The second kappa shape index (κ2) is 28.4. The van der Waals surface area contributed by atoms with Crippen molar-refractivity contribution in [3.05, 3.63) is 71.1 Å². The molecule has 5 N–H and O–H groups in total. The van der Waals surface area contributed by atoms with E-state index in [1.165, 1.54) is 180 Å². The second-order valence-electron chi connectivity index (χ2n) is 17.4. The molecule has 2 saturated carbocycles. The number of hydrogen-bond acceptors (Lipinski definition) is 7. The van der Waals surface area contributed by atoms with Crippen LogP contribution in [0.25, 0.3) is 21.5 Å². The maximum atomic E-state index is 11.9. The van der Waals surface area contributed by atoms with Crippen molar-refractivity contribution < 1.29 is 15.4 Å². The third-order valence-electron chi connectivity index (χ3n) is 13.4. The maximum absolute atomic E-state index is 11.9. The molecule has 62 heavy (non-hydrogen) atoms. The number of nitrogens with two attached hydrogens (primary N) is 1. The number of piperidine rings is 2. The summed E-state index contributed by atoms with van der Waals surface area (Å²) in [6, 6.07) is 21.5. The number of nitrogens with zero attached hydrogens (tertiary/aromatic N) is 5. The number of likely N-dealkylation sites (tertiary alicyclic amines) is 2. The number of aromatic carboxylic acids is 1. The fourth-order valence-electron chi connectivity index (χ4n) is 10.2. The van der Waals surface area contributed by atoms with Gasteiger partial charge in [0.1, 0.15) is 4.88 Å². The van der Waals surface area contributed by atoms with Gasteiger partial charge in [-0.05, 0) is 100 Å². The molecule has 9 rings (SSSR count). The molecule has 13 heteroatoms. The number of para-hydroxylation sites is 2. The van der Waals surface area contributed by atoms with Gasteiger partial charge in [-0.25, -0.2) is 4.79 Å². The zero-order chi connectivity index (χ0) is 39.9. The van der Waals surface area contributed by atoms with Gasteiger partial charge in [-0.3, -0.25) is 0 Å². The number of aromatic nitrogens is 1. The van der Waals surface area contributed by atoms with Gasteiger partial charge in [0.05, 0.1) is 15.9 Å². The number of thiophene rings is 1. The van der Waals surface area contributed by atoms with Crippen LogP contribution in [0.3, 0.4) is 0 Å². The topological polar surface area (TPSA) is 113 Å². The summed E-state index contributed by atoms with van der Waals surface area (Å²) in [6.45, 7) is 12.9. The van der Waals surface area contributed by atoms with E-state index in [4.69, 9.17) is 5.73 Å². The Balaban J connectivity index is 0.000000309. The zero-order valence-electron chi connectivity index (χ0n) is 37.3. The molecule has 2 aliphatic carbocycles. The minimum absolute atomic E-state index is 0. The molecule has 2 aromatic carbocycles. The van der Waals surface area contributed by atoms with Gasteiger partial charge in [0.15, 0.2) is 0 Å². The van der Waals surface area contributed by atoms with Crippen molar-refractivity contribution in [2.75, 3.05) is 81.8 Å². The van der Waals surface area contributed by atoms with E-state index < -0.39 is 5.97 Å². The highest BCUT2D eigenvalue weighted by Gasteiger charge is 2.32. The molecule has 0 atom stereocenters. The lowest BCUT2D eigenvalue weighted by molar-refractivity contribution is 0.0702. The van der Waals surface area contributed by atoms with Gasteiger partial charge in [0, 0.05) is 69.3 Å². The lowest BCUT2D eigenvalue weighted by Crippen LogP contribution is -2.39. The van der Waals surface area contributed by atoms with Crippen LogP contribution in [0, 0.1) is 0 Å². The van der Waals surface area contributed by atoms with E-state index in [0.717, 1.165) is 57.9 Å². The van der Waals surface area contributed by atoms with Crippen molar-refractivity contribution in [1.29, 1.82) is 0 Å². The lowest BCUT2D eigenvalue weighted by Gasteiger charge is -2.31. The van der Waals surface area contributed by atoms with Crippen molar-refractivity contribution in [2.24, 2.45) is 5.73 Å². The van der Waals surface area contributed by atoms with E-state index in [-0.39, 0.29) is 43.8 Å². The van der Waals surface area contributed by atoms with Gasteiger partial charge in [0.25, 0.3) is 0 Å². The average Bonchev–Trinajstić information content (AvgIpc) is 3.81. The average molecular weight is 934 g/mol. The van der Waals surface area contributed by atoms with Crippen LogP contribution in [0.5, 0.6) is 0 Å². The quantitative estimate of drug-likeness (QED) is 0.154. The number of benzene rings is 2. The summed E-state index contributed by atoms with van der Waals surface area (Å²) < 4.78 is 3.68. The van der Waals surface area contributed by atoms with E-state index in [1.807, 2.05) is 6.07 Å². The highest BCUT2D eigenvalue weighted by molar-refractivity contribution is 7.59. The number of carboxylic acids is 1. The van der Waals surface area contributed by atoms with Crippen molar-refractivity contribution >= 4 is 77.2 Å². The predicted octanol–water partition coefficient (Wildman–Crippen LogP) is 10.8. The fourth-order valence-corrected chi connectivity index (χ4v) is 11.3. The standard InChI is InChI=1S/C28H35N3O2S.C15H25N3.C6H12.2ClH.H2O.H2S/c32-28(33)24-19-23-27(34-24)25(20-9-3-1-4-10-20)26-21-11-5-6-12-22(21)30(17-18-31(23)26)16-15-29-13-7-2-8-14-29;16-9-12-18(15-7-3-1-4-8-15)14-13-17-10-5-2-6-11-17;1-2-4-6-5-3-1;;;;/h5-6,11-12,19-20H,1-4,7-10,13-18H2,(H,32,33);1,3-4,7-8H,2,5-6,9-14,16H2;1-6H2;2*1H;2*1H2. The van der Waals surface area contributed by atoms with E-state index >= 15 is 0 Å². The summed E-state index contributed by atoms with van der Waals surface area (Å²) in [5.74, 6) is -0.275. The Morgan fingerprint density at radius 3 is 1.82 bits per heavy atom. The van der Waals surface area contributed by atoms with E-state index in [0.29, 0.717) is 10.8 Å². The third-order valence-corrected chi connectivity index (χ3v) is 14.5. The molecule has 4 aromatic rings. The summed E-state index contributed by atoms with van der Waals surface area (Å²) in [5.41, 5.74) is 13.6. The number of carbonyl (C=O) groups is 1. The second-order valence-corrected chi connectivity index (χ2v) is 18.5. The van der Waals surface area contributed by atoms with Crippen molar-refractivity contribution in [3.8, 4) is 11.3 Å². The molecular weight excluding hydrogens is 856 g/mol. The van der Waals surface area contributed by atoms with E-state index in [9.17, 15) is 9.90 Å². The molecule has 9 nitrogen and oxygen atoms in total. The first-order chi connectivity index (χ1) is 28.6. The minimum Gasteiger partial charge on any atom is -0.477 e. The Bertz CT molecular complexity index is 1830. The molecule has 0 bridgehead atoms. The van der Waals surface area contributed by atoms with Crippen LogP contribution < -0.4 is 15.5 Å². The van der Waals surface area contributed by atoms with E-state index in [2.05, 4.69) is 78.8 Å². The van der Waals surface area contributed by atoms with Gasteiger partial charge in [-0.1, -0.05) is 107 Å². The Morgan fingerprint density at radius 1 is 0.677 bits per heavy atom. The molecule has 0 spiro atoms. The third kappa shape index (κ3) is 14.5. The predicted molar refractivity (Wildman–Crippen MR) is 275 cm³/mol. The molecule has 0 amide bonds. The molecule has 348 valence electrons. The molecular formula is C49H78Cl2N6O3S2. The number of fused-ring (bicyclic) bond motifs is 5. The van der Waals surface area contributed by atoms with Crippen LogP contribution in [-0.2, 0) is 6.54 Å². The van der Waals surface area contributed by atoms with E-state index in [1.54, 1.807) is 0 Å². The summed E-state index contributed by atoms with van der Waals surface area (Å²) in [4.78, 5) is 22.5. The van der Waals surface area contributed by atoms with Gasteiger partial charge in [-0.15, -0.1) is 36.2 Å². The Kier molecular flexibility index (Phi) is 24.7. The number of rotatable bonds is 11. The molecule has 0 radical (unpaired) electrons. The summed E-state index contributed by atoms with van der Waals surface area (Å²) >= 11 is 1.49. The molecule has 0 unspecified atom stereocenters. The van der Waals surface area contributed by atoms with Gasteiger partial charge in [0.2, 0.25) is 0 Å². The Labute approximate surface area is 396 Å². The van der Waals surface area contributed by atoms with Crippen LogP contribution >= 0.6 is 49.6 Å². The molecule has 3 aliphatic heterocycles. The van der Waals surface area contributed by atoms with Crippen LogP contribution in [0.1, 0.15) is 130 Å². The van der Waals surface area contributed by atoms with Gasteiger partial charge >= 0.3 is 5.97 Å². The van der Waals surface area contributed by atoms with Gasteiger partial charge < -0.3 is 40.5 Å². The van der Waals surface area contributed by atoms with Crippen molar-refractivity contribution in [1.82, 2.24) is 14.4 Å². The van der Waals surface area contributed by atoms with Crippen LogP contribution in [0.4, 0.5) is 11.4 Å². The summed E-state index contributed by atoms with van der Waals surface area (Å²) in [5, 5.41) is 9.75. The lowest BCUT2D eigenvalue weighted by atomic mass is 9.83. The van der Waals surface area contributed by atoms with Crippen LogP contribution in [0.2, 0.25) is 0 Å². The van der Waals surface area contributed by atoms with Gasteiger partial charge in [-0.2, -0.15) is 13.5 Å². The normalized spacial score (nSPS) is 18.0. The largest absolute Gasteiger partial charge is 0.477 e. The molecule has 5 aliphatic rings. The van der Waals surface area contributed by atoms with Crippen molar-refractivity contribution in [3.63, 3.8) is 0 Å². The van der Waals surface area contributed by atoms with Crippen molar-refractivity contribution in [2.45, 2.75) is 122 Å². The first kappa shape index (κ1) is 53.9. The summed E-state index contributed by atoms with van der Waals surface area (Å²) in [7, 11) is 0. The smallest absolute Gasteiger partial charge is 0.345 e. The highest BCUT2D eigenvalue weighted by Crippen LogP contribution is 2.49. The van der Waals surface area contributed by atoms with Crippen LogP contribution in [-0.4, -0.2) is 103 Å². The maximum Gasteiger partial charge on any atom is 0.345 e. The fraction of sp³-hybridized carbons (Fsp3) is 0.612. The van der Waals surface area contributed by atoms with Crippen LogP contribution in [0.15, 0.2) is 60.7 Å². The minimum atomic E-state index is -0.803. The SMILES string of the molecule is C1CCCCC1.Cl.Cl.NCCN(CCN1CCCCC1)c1ccccc1.O.O=C(O)c1cc2c(s1)c(C1CCCCC1)c1n2CCN(CCN2CCCCC2)c2ccccc2-1.S. The first-order valence-corrected chi connectivity index (χ1v) is 24.1. The number of halogens is 2. The first-order valence-electron chi connectivity index (χ1n) is 23.3. The number of hydrogen-bond donors (Lipinski definition) is 2. The monoisotopic (exact) mass is 932 g/mol. The zero-order valence-corrected chi connectivity index (χ0v) is 40.7. The Hall–Kier alpha value is -2.48. The highest BCUT2D eigenvalue weighted by atomic mass is 35.5.